The van der Waals surface area contributed by atoms with E-state index in [2.05, 4.69) is 38.0 Å². The molecule has 3 heteroatoms. The Morgan fingerprint density at radius 2 is 2.13 bits per heavy atom. The molecule has 1 saturated heterocycles. The van der Waals surface area contributed by atoms with Crippen LogP contribution in [0.3, 0.4) is 0 Å². The van der Waals surface area contributed by atoms with Gasteiger partial charge in [0.05, 0.1) is 13.2 Å². The third kappa shape index (κ3) is 4.96. The average molecular weight is 214 g/mol. The summed E-state index contributed by atoms with van der Waals surface area (Å²) in [6.45, 7) is 10.7. The topological polar surface area (TPSA) is 24.5 Å². The van der Waals surface area contributed by atoms with Gasteiger partial charge in [-0.1, -0.05) is 13.8 Å². The van der Waals surface area contributed by atoms with Gasteiger partial charge in [0.25, 0.3) is 0 Å². The molecule has 1 aliphatic heterocycles. The van der Waals surface area contributed by atoms with Crippen LogP contribution in [-0.4, -0.2) is 50.3 Å². The lowest BCUT2D eigenvalue weighted by Gasteiger charge is -2.32. The summed E-state index contributed by atoms with van der Waals surface area (Å²) in [6.07, 6.45) is 1.27. The second kappa shape index (κ2) is 6.46. The molecule has 1 fully saturated rings. The molecule has 0 amide bonds. The first-order chi connectivity index (χ1) is 7.09. The average Bonchev–Trinajstić information content (AvgIpc) is 2.18. The van der Waals surface area contributed by atoms with Crippen molar-refractivity contribution >= 4 is 0 Å². The predicted molar refractivity (Wildman–Crippen MR) is 64.2 cm³/mol. The van der Waals surface area contributed by atoms with Gasteiger partial charge in [-0.3, -0.25) is 0 Å². The minimum absolute atomic E-state index is 0.512. The lowest BCUT2D eigenvalue weighted by Crippen LogP contribution is -2.49. The van der Waals surface area contributed by atoms with Gasteiger partial charge in [-0.2, -0.15) is 0 Å². The zero-order chi connectivity index (χ0) is 11.3. The third-order valence-corrected chi connectivity index (χ3v) is 3.07. The molecule has 90 valence electrons. The van der Waals surface area contributed by atoms with Crippen LogP contribution in [0.25, 0.3) is 0 Å². The number of rotatable bonds is 5. The first-order valence-electron chi connectivity index (χ1n) is 6.11. The molecule has 0 aromatic heterocycles. The van der Waals surface area contributed by atoms with Crippen LogP contribution in [0.1, 0.15) is 27.2 Å². The van der Waals surface area contributed by atoms with Gasteiger partial charge >= 0.3 is 0 Å². The smallest absolute Gasteiger partial charge is 0.0632 e. The fourth-order valence-electron chi connectivity index (χ4n) is 2.13. The van der Waals surface area contributed by atoms with Crippen LogP contribution in [0.5, 0.6) is 0 Å². The Balaban J connectivity index is 2.23. The molecule has 0 aromatic carbocycles. The lowest BCUT2D eigenvalue weighted by atomic mass is 10.0. The van der Waals surface area contributed by atoms with Gasteiger partial charge in [-0.05, 0) is 26.3 Å². The van der Waals surface area contributed by atoms with Crippen LogP contribution in [0.15, 0.2) is 0 Å². The maximum absolute atomic E-state index is 5.45. The minimum Gasteiger partial charge on any atom is -0.378 e. The zero-order valence-electron chi connectivity index (χ0n) is 10.6. The second-order valence-corrected chi connectivity index (χ2v) is 5.14. The summed E-state index contributed by atoms with van der Waals surface area (Å²) in [4.78, 5) is 2.44. The Hall–Kier alpha value is -0.120. The van der Waals surface area contributed by atoms with Gasteiger partial charge in [0.2, 0.25) is 0 Å². The summed E-state index contributed by atoms with van der Waals surface area (Å²) >= 11 is 0. The maximum atomic E-state index is 5.45. The molecule has 3 nitrogen and oxygen atoms in total. The van der Waals surface area contributed by atoms with Gasteiger partial charge in [0.15, 0.2) is 0 Å². The molecule has 0 radical (unpaired) electrons. The summed E-state index contributed by atoms with van der Waals surface area (Å²) in [6, 6.07) is 1.17. The van der Waals surface area contributed by atoms with Crippen molar-refractivity contribution in [3.05, 3.63) is 0 Å². The van der Waals surface area contributed by atoms with Gasteiger partial charge in [-0.15, -0.1) is 0 Å². The van der Waals surface area contributed by atoms with Crippen molar-refractivity contribution < 1.29 is 4.74 Å². The molecular weight excluding hydrogens is 188 g/mol. The van der Waals surface area contributed by atoms with Gasteiger partial charge in [-0.25, -0.2) is 0 Å². The molecule has 0 aliphatic carbocycles. The van der Waals surface area contributed by atoms with Crippen LogP contribution in [0.2, 0.25) is 0 Å². The molecular formula is C12H26N2O. The molecule has 0 saturated carbocycles. The van der Waals surface area contributed by atoms with E-state index in [1.165, 1.54) is 6.42 Å². The molecule has 15 heavy (non-hydrogen) atoms. The zero-order valence-corrected chi connectivity index (χ0v) is 10.6. The Morgan fingerprint density at radius 3 is 2.67 bits per heavy atom. The monoisotopic (exact) mass is 214 g/mol. The van der Waals surface area contributed by atoms with Gasteiger partial charge < -0.3 is 15.0 Å². The highest BCUT2D eigenvalue weighted by molar-refractivity contribution is 4.76. The highest BCUT2D eigenvalue weighted by atomic mass is 16.5. The number of morpholine rings is 1. The van der Waals surface area contributed by atoms with Crippen molar-refractivity contribution in [3.63, 3.8) is 0 Å². The Bertz CT molecular complexity index is 167. The van der Waals surface area contributed by atoms with E-state index in [4.69, 9.17) is 4.74 Å². The van der Waals surface area contributed by atoms with Crippen LogP contribution in [0, 0.1) is 5.92 Å². The van der Waals surface area contributed by atoms with E-state index in [1.807, 2.05) is 0 Å². The van der Waals surface area contributed by atoms with E-state index in [1.54, 1.807) is 0 Å². The van der Waals surface area contributed by atoms with E-state index in [0.29, 0.717) is 12.1 Å². The predicted octanol–water partition coefficient (Wildman–Crippen LogP) is 1.34. The Labute approximate surface area is 94.2 Å². The fraction of sp³-hybridized carbons (Fsp3) is 1.00. The summed E-state index contributed by atoms with van der Waals surface area (Å²) in [5.74, 6) is 0.776. The lowest BCUT2D eigenvalue weighted by molar-refractivity contribution is 0.0592. The second-order valence-electron chi connectivity index (χ2n) is 5.14. The maximum Gasteiger partial charge on any atom is 0.0632 e. The Morgan fingerprint density at radius 1 is 1.40 bits per heavy atom. The van der Waals surface area contributed by atoms with E-state index in [-0.39, 0.29) is 0 Å². The SMILES string of the molecule is CC(C)CC(C)N(C)CC1COCCN1. The standard InChI is InChI=1S/C12H26N2O/c1-10(2)7-11(3)14(4)8-12-9-15-6-5-13-12/h10-13H,5-9H2,1-4H3. The van der Waals surface area contributed by atoms with E-state index >= 15 is 0 Å². The summed E-state index contributed by atoms with van der Waals surface area (Å²) < 4.78 is 5.45. The van der Waals surface area contributed by atoms with Crippen LogP contribution in [0.4, 0.5) is 0 Å². The normalized spacial score (nSPS) is 24.8. The molecule has 0 aromatic rings. The molecule has 1 rings (SSSR count). The summed E-state index contributed by atoms with van der Waals surface area (Å²) in [5, 5.41) is 3.49. The molecule has 1 N–H and O–H groups in total. The quantitative estimate of drug-likeness (QED) is 0.747. The highest BCUT2D eigenvalue weighted by Crippen LogP contribution is 2.10. The third-order valence-electron chi connectivity index (χ3n) is 3.07. The number of likely N-dealkylation sites (N-methyl/N-ethyl adjacent to an activating group) is 1. The van der Waals surface area contributed by atoms with Crippen LogP contribution >= 0.6 is 0 Å². The number of ether oxygens (including phenoxy) is 1. The van der Waals surface area contributed by atoms with E-state index in [9.17, 15) is 0 Å². The van der Waals surface area contributed by atoms with Gasteiger partial charge in [0.1, 0.15) is 0 Å². The minimum atomic E-state index is 0.512. The molecule has 2 atom stereocenters. The molecule has 2 unspecified atom stereocenters. The van der Waals surface area contributed by atoms with E-state index < -0.39 is 0 Å². The van der Waals surface area contributed by atoms with Crippen molar-refractivity contribution in [2.24, 2.45) is 5.92 Å². The van der Waals surface area contributed by atoms with Crippen molar-refractivity contribution in [2.45, 2.75) is 39.3 Å². The first-order valence-corrected chi connectivity index (χ1v) is 6.11. The molecule has 1 heterocycles. The molecule has 0 spiro atoms. The highest BCUT2D eigenvalue weighted by Gasteiger charge is 2.18. The van der Waals surface area contributed by atoms with Crippen molar-refractivity contribution in [1.29, 1.82) is 0 Å². The number of nitrogens with one attached hydrogen (secondary N) is 1. The van der Waals surface area contributed by atoms with Crippen molar-refractivity contribution in [2.75, 3.05) is 33.4 Å². The summed E-state index contributed by atoms with van der Waals surface area (Å²) in [7, 11) is 2.21. The van der Waals surface area contributed by atoms with E-state index in [0.717, 1.165) is 32.2 Å². The molecule has 1 aliphatic rings. The van der Waals surface area contributed by atoms with Crippen LogP contribution < -0.4 is 5.32 Å². The number of nitrogens with zero attached hydrogens (tertiary/aromatic N) is 1. The molecule has 0 bridgehead atoms. The van der Waals surface area contributed by atoms with Gasteiger partial charge in [0, 0.05) is 25.2 Å². The largest absolute Gasteiger partial charge is 0.378 e. The first kappa shape index (κ1) is 12.9. The number of hydrogen-bond donors (Lipinski definition) is 1. The summed E-state index contributed by atoms with van der Waals surface area (Å²) in [5.41, 5.74) is 0. The van der Waals surface area contributed by atoms with Crippen molar-refractivity contribution in [1.82, 2.24) is 10.2 Å². The fourth-order valence-corrected chi connectivity index (χ4v) is 2.13. The Kier molecular flexibility index (Phi) is 5.58. The number of hydrogen-bond acceptors (Lipinski definition) is 3. The van der Waals surface area contributed by atoms with Crippen molar-refractivity contribution in [3.8, 4) is 0 Å². The van der Waals surface area contributed by atoms with Crippen LogP contribution in [-0.2, 0) is 4.74 Å².